The van der Waals surface area contributed by atoms with Crippen molar-refractivity contribution in [1.82, 2.24) is 9.78 Å². The average Bonchev–Trinajstić information content (AvgIpc) is 3.03. The molecule has 0 unspecified atom stereocenters. The monoisotopic (exact) mass is 409 g/mol. The summed E-state index contributed by atoms with van der Waals surface area (Å²) in [4.78, 5) is 12.5. The van der Waals surface area contributed by atoms with Crippen molar-refractivity contribution in [3.05, 3.63) is 88.7 Å². The molecule has 8 heteroatoms. The Morgan fingerprint density at radius 1 is 1.00 bits per heavy atom. The number of anilines is 1. The maximum atomic E-state index is 12.7. The molecule has 0 spiro atoms. The van der Waals surface area contributed by atoms with Gasteiger partial charge in [0.15, 0.2) is 0 Å². The van der Waals surface area contributed by atoms with Gasteiger partial charge in [0.25, 0.3) is 15.6 Å². The zero-order chi connectivity index (χ0) is 20.4. The molecule has 0 saturated heterocycles. The zero-order valence-corrected chi connectivity index (χ0v) is 16.4. The van der Waals surface area contributed by atoms with Crippen LogP contribution in [-0.4, -0.2) is 25.3 Å². The lowest BCUT2D eigenvalue weighted by molar-refractivity contribution is 0.413. The van der Waals surface area contributed by atoms with Crippen LogP contribution >= 0.6 is 0 Å². The summed E-state index contributed by atoms with van der Waals surface area (Å²) in [6, 6.07) is 20.8. The smallest absolute Gasteiger partial charge is 0.272 e. The molecule has 0 bridgehead atoms. The highest BCUT2D eigenvalue weighted by molar-refractivity contribution is 7.92. The summed E-state index contributed by atoms with van der Waals surface area (Å²) in [6.45, 7) is 0.508. The molecule has 148 valence electrons. The van der Waals surface area contributed by atoms with Gasteiger partial charge in [-0.1, -0.05) is 36.4 Å². The van der Waals surface area contributed by atoms with Crippen LogP contribution in [0, 0.1) is 0 Å². The van der Waals surface area contributed by atoms with Crippen LogP contribution in [0.25, 0.3) is 10.9 Å². The number of ether oxygens (including phenoxy) is 1. The van der Waals surface area contributed by atoms with Gasteiger partial charge >= 0.3 is 0 Å². The van der Waals surface area contributed by atoms with Crippen LogP contribution in [0.3, 0.4) is 0 Å². The Kier molecular flexibility index (Phi) is 4.85. The number of sulfonamides is 1. The quantitative estimate of drug-likeness (QED) is 0.511. The predicted octanol–water partition coefficient (Wildman–Crippen LogP) is 3.19. The summed E-state index contributed by atoms with van der Waals surface area (Å²) < 4.78 is 34.7. The maximum absolute atomic E-state index is 12.7. The fourth-order valence-corrected chi connectivity index (χ4v) is 4.22. The fourth-order valence-electron chi connectivity index (χ4n) is 3.13. The molecule has 29 heavy (non-hydrogen) atoms. The van der Waals surface area contributed by atoms with E-state index in [4.69, 9.17) is 4.74 Å². The maximum Gasteiger partial charge on any atom is 0.272 e. The molecule has 0 saturated carbocycles. The zero-order valence-electron chi connectivity index (χ0n) is 15.6. The Morgan fingerprint density at radius 3 is 2.55 bits per heavy atom. The summed E-state index contributed by atoms with van der Waals surface area (Å²) in [7, 11) is -2.35. The highest BCUT2D eigenvalue weighted by atomic mass is 32.2. The van der Waals surface area contributed by atoms with Gasteiger partial charge in [-0.3, -0.25) is 19.3 Å². The van der Waals surface area contributed by atoms with Crippen LogP contribution < -0.4 is 15.0 Å². The molecule has 4 aromatic rings. The Hall–Kier alpha value is -3.52. The van der Waals surface area contributed by atoms with Gasteiger partial charge in [0.2, 0.25) is 0 Å². The third kappa shape index (κ3) is 3.88. The predicted molar refractivity (Wildman–Crippen MR) is 112 cm³/mol. The van der Waals surface area contributed by atoms with Gasteiger partial charge in [0.1, 0.15) is 5.75 Å². The standard InChI is InChI=1S/C21H19N3O4S/c1-28-17-8-5-9-18(13-17)29(26,27)23-16-10-11-20-19(12-16)21(25)22-24(20)14-15-6-3-2-4-7-15/h2-13,23H,14H2,1H3,(H,22,25). The second kappa shape index (κ2) is 7.48. The minimum Gasteiger partial charge on any atom is -0.497 e. The van der Waals surface area contributed by atoms with Crippen molar-refractivity contribution >= 4 is 26.6 Å². The normalized spacial score (nSPS) is 11.5. The Labute approximate surface area is 167 Å². The van der Waals surface area contributed by atoms with Gasteiger partial charge in [-0.25, -0.2) is 8.42 Å². The minimum absolute atomic E-state index is 0.0764. The molecular formula is C21H19N3O4S. The van der Waals surface area contributed by atoms with E-state index in [9.17, 15) is 13.2 Å². The molecule has 7 nitrogen and oxygen atoms in total. The Balaban J connectivity index is 1.66. The molecular weight excluding hydrogens is 390 g/mol. The van der Waals surface area contributed by atoms with Crippen LogP contribution in [0.15, 0.2) is 82.5 Å². The first-order valence-corrected chi connectivity index (χ1v) is 10.4. The van der Waals surface area contributed by atoms with Gasteiger partial charge in [-0.15, -0.1) is 0 Å². The van der Waals surface area contributed by atoms with E-state index < -0.39 is 10.0 Å². The van der Waals surface area contributed by atoms with Crippen LogP contribution in [-0.2, 0) is 16.6 Å². The molecule has 1 heterocycles. The lowest BCUT2D eigenvalue weighted by Gasteiger charge is -2.10. The Bertz CT molecular complexity index is 1330. The van der Waals surface area contributed by atoms with E-state index in [1.165, 1.54) is 25.3 Å². The molecule has 4 rings (SSSR count). The molecule has 1 aromatic heterocycles. The summed E-state index contributed by atoms with van der Waals surface area (Å²) in [5.74, 6) is 0.442. The van der Waals surface area contributed by atoms with Gasteiger partial charge < -0.3 is 4.74 Å². The number of fused-ring (bicyclic) bond motifs is 1. The SMILES string of the molecule is COc1cccc(S(=O)(=O)Nc2ccc3c(c2)c(=O)[nH]n3Cc2ccccc2)c1. The van der Waals surface area contributed by atoms with Crippen molar-refractivity contribution in [2.75, 3.05) is 11.8 Å². The molecule has 0 atom stereocenters. The topological polar surface area (TPSA) is 93.2 Å². The summed E-state index contributed by atoms with van der Waals surface area (Å²) in [5, 5.41) is 3.21. The van der Waals surface area contributed by atoms with E-state index in [-0.39, 0.29) is 10.5 Å². The first-order chi connectivity index (χ1) is 14.0. The summed E-state index contributed by atoms with van der Waals surface area (Å²) in [6.07, 6.45) is 0. The molecule has 0 fully saturated rings. The number of aromatic amines is 1. The summed E-state index contributed by atoms with van der Waals surface area (Å²) in [5.41, 5.74) is 1.77. The second-order valence-corrected chi connectivity index (χ2v) is 8.21. The molecule has 0 aliphatic rings. The lowest BCUT2D eigenvalue weighted by atomic mass is 10.2. The van der Waals surface area contributed by atoms with Crippen molar-refractivity contribution in [3.8, 4) is 5.75 Å². The number of benzene rings is 3. The third-order valence-corrected chi connectivity index (χ3v) is 5.93. The number of hydrogen-bond acceptors (Lipinski definition) is 4. The van der Waals surface area contributed by atoms with Crippen molar-refractivity contribution in [2.45, 2.75) is 11.4 Å². The van der Waals surface area contributed by atoms with Gasteiger partial charge in [-0.2, -0.15) is 0 Å². The van der Waals surface area contributed by atoms with Gasteiger partial charge in [0, 0.05) is 11.8 Å². The van der Waals surface area contributed by atoms with Crippen molar-refractivity contribution in [1.29, 1.82) is 0 Å². The van der Waals surface area contributed by atoms with Gasteiger partial charge in [-0.05, 0) is 35.9 Å². The fraction of sp³-hybridized carbons (Fsp3) is 0.0952. The van der Waals surface area contributed by atoms with Gasteiger partial charge in [0.05, 0.1) is 29.5 Å². The number of aromatic nitrogens is 2. The lowest BCUT2D eigenvalue weighted by Crippen LogP contribution is -2.13. The first-order valence-electron chi connectivity index (χ1n) is 8.90. The molecule has 0 aliphatic heterocycles. The number of hydrogen-bond donors (Lipinski definition) is 2. The number of H-pyrrole nitrogens is 1. The second-order valence-electron chi connectivity index (χ2n) is 6.53. The van der Waals surface area contributed by atoms with E-state index in [0.29, 0.717) is 28.9 Å². The third-order valence-electron chi connectivity index (χ3n) is 4.56. The molecule has 0 radical (unpaired) electrons. The number of methoxy groups -OCH3 is 1. The molecule has 0 amide bonds. The average molecular weight is 409 g/mol. The van der Waals surface area contributed by atoms with Crippen molar-refractivity contribution < 1.29 is 13.2 Å². The highest BCUT2D eigenvalue weighted by Gasteiger charge is 2.16. The molecule has 2 N–H and O–H groups in total. The highest BCUT2D eigenvalue weighted by Crippen LogP contribution is 2.22. The minimum atomic E-state index is -3.82. The number of nitrogens with one attached hydrogen (secondary N) is 2. The van der Waals surface area contributed by atoms with E-state index in [0.717, 1.165) is 5.56 Å². The molecule has 0 aliphatic carbocycles. The van der Waals surface area contributed by atoms with E-state index in [1.54, 1.807) is 28.9 Å². The summed E-state index contributed by atoms with van der Waals surface area (Å²) >= 11 is 0. The van der Waals surface area contributed by atoms with E-state index in [2.05, 4.69) is 9.82 Å². The molecule has 3 aromatic carbocycles. The largest absolute Gasteiger partial charge is 0.497 e. The van der Waals surface area contributed by atoms with Crippen molar-refractivity contribution in [2.24, 2.45) is 0 Å². The van der Waals surface area contributed by atoms with Crippen LogP contribution in [0.1, 0.15) is 5.56 Å². The van der Waals surface area contributed by atoms with Crippen LogP contribution in [0.4, 0.5) is 5.69 Å². The van der Waals surface area contributed by atoms with E-state index >= 15 is 0 Å². The van der Waals surface area contributed by atoms with Crippen LogP contribution in [0.2, 0.25) is 0 Å². The first kappa shape index (κ1) is 18.8. The number of nitrogens with zero attached hydrogens (tertiary/aromatic N) is 1. The number of rotatable bonds is 6. The van der Waals surface area contributed by atoms with E-state index in [1.807, 2.05) is 30.3 Å². The van der Waals surface area contributed by atoms with Crippen molar-refractivity contribution in [3.63, 3.8) is 0 Å². The Morgan fingerprint density at radius 2 is 1.79 bits per heavy atom. The van der Waals surface area contributed by atoms with Crippen LogP contribution in [0.5, 0.6) is 5.75 Å².